The first-order chi connectivity index (χ1) is 10.3. The van der Waals surface area contributed by atoms with Crippen molar-refractivity contribution in [2.75, 3.05) is 5.32 Å². The molecule has 0 aliphatic rings. The van der Waals surface area contributed by atoms with Crippen LogP contribution in [0.5, 0.6) is 0 Å². The Morgan fingerprint density at radius 3 is 2.86 bits per heavy atom. The van der Waals surface area contributed by atoms with E-state index in [9.17, 15) is 0 Å². The van der Waals surface area contributed by atoms with Gasteiger partial charge in [0.1, 0.15) is 11.9 Å². The molecule has 1 aromatic carbocycles. The van der Waals surface area contributed by atoms with Crippen LogP contribution < -0.4 is 5.32 Å². The second kappa shape index (κ2) is 6.14. The number of rotatable bonds is 5. The molecule has 108 valence electrons. The third kappa shape index (κ3) is 3.00. The van der Waals surface area contributed by atoms with Crippen molar-refractivity contribution >= 4 is 17.0 Å². The Morgan fingerprint density at radius 1 is 1.29 bits per heavy atom. The smallest absolute Gasteiger partial charge is 0.136 e. The molecule has 0 aliphatic carbocycles. The van der Waals surface area contributed by atoms with Crippen LogP contribution in [0.15, 0.2) is 54.2 Å². The largest absolute Gasteiger partial charge is 0.371 e. The van der Waals surface area contributed by atoms with E-state index < -0.39 is 0 Å². The fourth-order valence-corrected chi connectivity index (χ4v) is 3.19. The zero-order valence-corrected chi connectivity index (χ0v) is 13.1. The van der Waals surface area contributed by atoms with E-state index in [4.69, 9.17) is 0 Å². The molecule has 0 saturated heterocycles. The van der Waals surface area contributed by atoms with Crippen LogP contribution in [0, 0.1) is 0 Å². The molecule has 1 unspecified atom stereocenters. The van der Waals surface area contributed by atoms with Crippen molar-refractivity contribution in [2.45, 2.75) is 19.4 Å². The lowest BCUT2D eigenvalue weighted by Crippen LogP contribution is -2.15. The number of aromatic nitrogens is 2. The lowest BCUT2D eigenvalue weighted by molar-refractivity contribution is 0.756. The quantitative estimate of drug-likeness (QED) is 0.763. The van der Waals surface area contributed by atoms with E-state index in [1.54, 1.807) is 11.3 Å². The maximum atomic E-state index is 4.52. The van der Waals surface area contributed by atoms with E-state index in [0.29, 0.717) is 0 Å². The Hall–Kier alpha value is -2.07. The number of thiophene rings is 1. The van der Waals surface area contributed by atoms with Crippen molar-refractivity contribution in [3.63, 3.8) is 0 Å². The predicted octanol–water partition coefficient (Wildman–Crippen LogP) is 4.25. The monoisotopic (exact) mass is 297 g/mol. The van der Waals surface area contributed by atoms with E-state index in [0.717, 1.165) is 17.9 Å². The minimum atomic E-state index is 0.0807. The van der Waals surface area contributed by atoms with Crippen LogP contribution >= 0.6 is 11.3 Å². The molecular weight excluding hydrogens is 278 g/mol. The molecule has 0 spiro atoms. The maximum Gasteiger partial charge on any atom is 0.136 e. The first kappa shape index (κ1) is 13.9. The van der Waals surface area contributed by atoms with E-state index in [-0.39, 0.29) is 6.04 Å². The summed E-state index contributed by atoms with van der Waals surface area (Å²) in [5, 5.41) is 5.73. The highest BCUT2D eigenvalue weighted by molar-refractivity contribution is 7.10. The zero-order valence-electron chi connectivity index (χ0n) is 12.3. The summed E-state index contributed by atoms with van der Waals surface area (Å²) >= 11 is 1.75. The van der Waals surface area contributed by atoms with Crippen molar-refractivity contribution < 1.29 is 0 Å². The molecule has 21 heavy (non-hydrogen) atoms. The van der Waals surface area contributed by atoms with E-state index in [1.165, 1.54) is 10.4 Å². The maximum absolute atomic E-state index is 4.52. The van der Waals surface area contributed by atoms with Crippen LogP contribution in [0.2, 0.25) is 0 Å². The highest BCUT2D eigenvalue weighted by Gasteiger charge is 2.19. The van der Waals surface area contributed by atoms with Gasteiger partial charge < -0.3 is 9.88 Å². The summed E-state index contributed by atoms with van der Waals surface area (Å²) in [6.07, 6.45) is 4.88. The van der Waals surface area contributed by atoms with Gasteiger partial charge in [0.15, 0.2) is 0 Å². The van der Waals surface area contributed by atoms with Crippen LogP contribution in [-0.4, -0.2) is 9.55 Å². The summed E-state index contributed by atoms with van der Waals surface area (Å²) in [4.78, 5) is 5.79. The molecule has 3 nitrogen and oxygen atoms in total. The van der Waals surface area contributed by atoms with Gasteiger partial charge in [0.2, 0.25) is 0 Å². The molecule has 0 saturated carbocycles. The lowest BCUT2D eigenvalue weighted by Gasteiger charge is -2.19. The fourth-order valence-electron chi connectivity index (χ4n) is 2.42. The summed E-state index contributed by atoms with van der Waals surface area (Å²) < 4.78 is 2.07. The summed E-state index contributed by atoms with van der Waals surface area (Å²) in [6, 6.07) is 12.9. The third-order valence-electron chi connectivity index (χ3n) is 3.59. The number of imidazole rings is 1. The average molecular weight is 297 g/mol. The molecule has 2 heterocycles. The van der Waals surface area contributed by atoms with Crippen molar-refractivity contribution in [2.24, 2.45) is 7.05 Å². The first-order valence-electron chi connectivity index (χ1n) is 7.14. The Bertz CT molecular complexity index is 700. The van der Waals surface area contributed by atoms with E-state index >= 15 is 0 Å². The summed E-state index contributed by atoms with van der Waals surface area (Å²) in [6.45, 7) is 2.18. The van der Waals surface area contributed by atoms with Crippen molar-refractivity contribution in [3.8, 4) is 0 Å². The van der Waals surface area contributed by atoms with E-state index in [2.05, 4.69) is 63.6 Å². The normalized spacial score (nSPS) is 12.3. The molecule has 4 heteroatoms. The molecule has 3 rings (SSSR count). The molecule has 0 bridgehead atoms. The molecule has 0 amide bonds. The van der Waals surface area contributed by atoms with Gasteiger partial charge in [-0.2, -0.15) is 0 Å². The van der Waals surface area contributed by atoms with Crippen molar-refractivity contribution in [1.29, 1.82) is 0 Å². The standard InChI is InChI=1S/C17H19N3S/c1-3-13-6-4-7-14(12-13)19-16(15-8-5-11-21-15)17-18-9-10-20(17)2/h4-12,16,19H,3H2,1-2H3. The number of nitrogens with one attached hydrogen (secondary N) is 1. The van der Waals surface area contributed by atoms with E-state index in [1.807, 2.05) is 19.4 Å². The molecule has 3 aromatic rings. The number of anilines is 1. The number of benzene rings is 1. The third-order valence-corrected chi connectivity index (χ3v) is 4.53. The lowest BCUT2D eigenvalue weighted by atomic mass is 10.1. The van der Waals surface area contributed by atoms with Gasteiger partial charge in [0.25, 0.3) is 0 Å². The minimum Gasteiger partial charge on any atom is -0.371 e. The van der Waals surface area contributed by atoms with Crippen LogP contribution in [0.3, 0.4) is 0 Å². The Kier molecular flexibility index (Phi) is 4.06. The van der Waals surface area contributed by atoms with Crippen molar-refractivity contribution in [1.82, 2.24) is 9.55 Å². The van der Waals surface area contributed by atoms with Gasteiger partial charge in [0, 0.05) is 30.0 Å². The number of hydrogen-bond donors (Lipinski definition) is 1. The Balaban J connectivity index is 1.95. The molecular formula is C17H19N3S. The first-order valence-corrected chi connectivity index (χ1v) is 8.02. The molecule has 0 radical (unpaired) electrons. The summed E-state index contributed by atoms with van der Waals surface area (Å²) in [5.41, 5.74) is 2.47. The van der Waals surface area contributed by atoms with Crippen molar-refractivity contribution in [3.05, 3.63) is 70.4 Å². The SMILES string of the molecule is CCc1cccc(NC(c2cccs2)c2nccn2C)c1. The van der Waals surface area contributed by atoms with Gasteiger partial charge in [-0.05, 0) is 35.6 Å². The second-order valence-electron chi connectivity index (χ2n) is 5.04. The highest BCUT2D eigenvalue weighted by atomic mass is 32.1. The van der Waals surface area contributed by atoms with Gasteiger partial charge in [-0.3, -0.25) is 0 Å². The van der Waals surface area contributed by atoms with Gasteiger partial charge >= 0.3 is 0 Å². The topological polar surface area (TPSA) is 29.9 Å². The van der Waals surface area contributed by atoms with Gasteiger partial charge in [-0.1, -0.05) is 25.1 Å². The van der Waals surface area contributed by atoms with Gasteiger partial charge in [-0.25, -0.2) is 4.98 Å². The average Bonchev–Trinajstić information content (AvgIpc) is 3.17. The zero-order chi connectivity index (χ0) is 14.7. The van der Waals surface area contributed by atoms with Crippen LogP contribution in [0.4, 0.5) is 5.69 Å². The van der Waals surface area contributed by atoms with Gasteiger partial charge in [0.05, 0.1) is 0 Å². The summed E-state index contributed by atoms with van der Waals surface area (Å²) in [7, 11) is 2.03. The summed E-state index contributed by atoms with van der Waals surface area (Å²) in [5.74, 6) is 1.03. The molecule has 0 fully saturated rings. The molecule has 0 aliphatic heterocycles. The molecule has 1 atom stereocenters. The number of hydrogen-bond acceptors (Lipinski definition) is 3. The fraction of sp³-hybridized carbons (Fsp3) is 0.235. The highest BCUT2D eigenvalue weighted by Crippen LogP contribution is 2.29. The Morgan fingerprint density at radius 2 is 2.19 bits per heavy atom. The molecule has 2 aromatic heterocycles. The number of aryl methyl sites for hydroxylation is 2. The predicted molar refractivity (Wildman–Crippen MR) is 88.8 cm³/mol. The van der Waals surface area contributed by atoms with Crippen LogP contribution in [0.1, 0.15) is 29.2 Å². The number of nitrogens with zero attached hydrogens (tertiary/aromatic N) is 2. The minimum absolute atomic E-state index is 0.0807. The van der Waals surface area contributed by atoms with Crippen LogP contribution in [-0.2, 0) is 13.5 Å². The van der Waals surface area contributed by atoms with Gasteiger partial charge in [-0.15, -0.1) is 11.3 Å². The molecule has 1 N–H and O–H groups in total. The van der Waals surface area contributed by atoms with Crippen LogP contribution in [0.25, 0.3) is 0 Å². The second-order valence-corrected chi connectivity index (χ2v) is 6.02. The Labute approximate surface area is 129 Å².